The van der Waals surface area contributed by atoms with E-state index in [9.17, 15) is 18.0 Å². The lowest BCUT2D eigenvalue weighted by atomic mass is 10.2. The van der Waals surface area contributed by atoms with E-state index in [1.165, 1.54) is 0 Å². The Bertz CT molecular complexity index is 293. The number of carbonyl (C=O) groups excluding carboxylic acids is 1. The molecule has 6 heteroatoms. The predicted octanol–water partition coefficient (Wildman–Crippen LogP) is 1.60. The summed E-state index contributed by atoms with van der Waals surface area (Å²) in [4.78, 5) is 11.4. The number of amides is 2. The lowest BCUT2D eigenvalue weighted by Crippen LogP contribution is -2.43. The van der Waals surface area contributed by atoms with Gasteiger partial charge in [-0.1, -0.05) is 6.58 Å². The van der Waals surface area contributed by atoms with Gasteiger partial charge in [0, 0.05) is 12.7 Å². The second-order valence-electron chi connectivity index (χ2n) is 2.54. The van der Waals surface area contributed by atoms with Gasteiger partial charge in [-0.05, 0) is 6.08 Å². The SMILES string of the molecule is C=C1C=C(C(F)(F)F)N(C)C(=O)N1. The van der Waals surface area contributed by atoms with Crippen LogP contribution in [-0.2, 0) is 0 Å². The van der Waals surface area contributed by atoms with Gasteiger partial charge in [0.25, 0.3) is 0 Å². The first-order valence-corrected chi connectivity index (χ1v) is 3.35. The van der Waals surface area contributed by atoms with Crippen LogP contribution in [0.5, 0.6) is 0 Å². The summed E-state index contributed by atoms with van der Waals surface area (Å²) in [7, 11) is 1.04. The van der Waals surface area contributed by atoms with Gasteiger partial charge in [0.15, 0.2) is 0 Å². The number of nitrogens with zero attached hydrogens (tertiary/aromatic N) is 1. The zero-order valence-electron chi connectivity index (χ0n) is 6.77. The van der Waals surface area contributed by atoms with Crippen LogP contribution in [0.3, 0.4) is 0 Å². The highest BCUT2D eigenvalue weighted by Gasteiger charge is 2.40. The number of carbonyl (C=O) groups is 1. The topological polar surface area (TPSA) is 32.3 Å². The van der Waals surface area contributed by atoms with Crippen molar-refractivity contribution >= 4 is 6.03 Å². The fourth-order valence-corrected chi connectivity index (χ4v) is 0.901. The lowest BCUT2D eigenvalue weighted by Gasteiger charge is -2.27. The van der Waals surface area contributed by atoms with E-state index in [0.29, 0.717) is 4.90 Å². The molecule has 0 spiro atoms. The van der Waals surface area contributed by atoms with E-state index < -0.39 is 17.9 Å². The summed E-state index contributed by atoms with van der Waals surface area (Å²) >= 11 is 0. The molecule has 0 unspecified atom stereocenters. The molecule has 13 heavy (non-hydrogen) atoms. The first kappa shape index (κ1) is 9.63. The van der Waals surface area contributed by atoms with E-state index in [2.05, 4.69) is 11.9 Å². The molecule has 0 saturated carbocycles. The van der Waals surface area contributed by atoms with Crippen LogP contribution in [0.15, 0.2) is 24.0 Å². The largest absolute Gasteiger partial charge is 0.431 e. The molecular formula is C7H7F3N2O. The maximum absolute atomic E-state index is 12.2. The molecule has 0 saturated heterocycles. The minimum atomic E-state index is -4.53. The number of nitrogens with one attached hydrogen (secondary N) is 1. The summed E-state index contributed by atoms with van der Waals surface area (Å²) in [5, 5.41) is 2.15. The number of alkyl halides is 3. The minimum Gasteiger partial charge on any atom is -0.308 e. The molecule has 3 nitrogen and oxygen atoms in total. The third kappa shape index (κ3) is 1.82. The Morgan fingerprint density at radius 3 is 2.54 bits per heavy atom. The molecule has 0 fully saturated rings. The molecule has 1 aliphatic rings. The summed E-state index contributed by atoms with van der Waals surface area (Å²) in [6, 6.07) is -0.833. The number of hydrogen-bond acceptors (Lipinski definition) is 1. The van der Waals surface area contributed by atoms with E-state index in [-0.39, 0.29) is 5.70 Å². The van der Waals surface area contributed by atoms with Crippen LogP contribution in [0.1, 0.15) is 0 Å². The molecule has 72 valence electrons. The number of urea groups is 1. The summed E-state index contributed by atoms with van der Waals surface area (Å²) in [5.74, 6) is 0. The van der Waals surface area contributed by atoms with E-state index >= 15 is 0 Å². The lowest BCUT2D eigenvalue weighted by molar-refractivity contribution is -0.106. The fraction of sp³-hybridized carbons (Fsp3) is 0.286. The summed E-state index contributed by atoms with van der Waals surface area (Å²) < 4.78 is 36.6. The van der Waals surface area contributed by atoms with Gasteiger partial charge in [-0.3, -0.25) is 4.90 Å². The number of hydrogen-bond donors (Lipinski definition) is 1. The number of halogens is 3. The second-order valence-corrected chi connectivity index (χ2v) is 2.54. The smallest absolute Gasteiger partial charge is 0.308 e. The van der Waals surface area contributed by atoms with Crippen LogP contribution in [0.2, 0.25) is 0 Å². The molecule has 0 aliphatic carbocycles. The molecule has 2 amide bonds. The monoisotopic (exact) mass is 192 g/mol. The van der Waals surface area contributed by atoms with Gasteiger partial charge in [0.1, 0.15) is 5.70 Å². The highest BCUT2D eigenvalue weighted by Crippen LogP contribution is 2.30. The van der Waals surface area contributed by atoms with Crippen molar-refractivity contribution in [1.82, 2.24) is 10.2 Å². The third-order valence-electron chi connectivity index (χ3n) is 1.53. The molecule has 1 aliphatic heterocycles. The quantitative estimate of drug-likeness (QED) is 0.621. The standard InChI is InChI=1S/C7H7F3N2O/c1-4-3-5(7(8,9)10)12(2)6(13)11-4/h3H,1H2,2H3,(H,11,13). The molecule has 1 rings (SSSR count). The Morgan fingerprint density at radius 1 is 1.54 bits per heavy atom. The van der Waals surface area contributed by atoms with Gasteiger partial charge in [-0.2, -0.15) is 13.2 Å². The van der Waals surface area contributed by atoms with Crippen LogP contribution in [0.25, 0.3) is 0 Å². The van der Waals surface area contributed by atoms with Crippen molar-refractivity contribution in [3.63, 3.8) is 0 Å². The molecule has 0 atom stereocenters. The minimum absolute atomic E-state index is 0.0598. The molecule has 1 heterocycles. The van der Waals surface area contributed by atoms with Crippen LogP contribution < -0.4 is 5.32 Å². The van der Waals surface area contributed by atoms with Gasteiger partial charge in [0.05, 0.1) is 0 Å². The van der Waals surface area contributed by atoms with Crippen molar-refractivity contribution in [2.45, 2.75) is 6.18 Å². The van der Waals surface area contributed by atoms with Gasteiger partial charge >= 0.3 is 12.2 Å². The molecule has 0 bridgehead atoms. The van der Waals surface area contributed by atoms with Gasteiger partial charge in [0.2, 0.25) is 0 Å². The molecule has 0 aromatic rings. The van der Waals surface area contributed by atoms with Gasteiger partial charge < -0.3 is 5.32 Å². The molecular weight excluding hydrogens is 185 g/mol. The second kappa shape index (κ2) is 2.79. The Kier molecular flexibility index (Phi) is 2.07. The van der Waals surface area contributed by atoms with Gasteiger partial charge in [-0.25, -0.2) is 4.79 Å². The van der Waals surface area contributed by atoms with E-state index in [1.807, 2.05) is 0 Å². The molecule has 0 aromatic heterocycles. The van der Waals surface area contributed by atoms with Crippen molar-refractivity contribution in [3.05, 3.63) is 24.0 Å². The van der Waals surface area contributed by atoms with Crippen molar-refractivity contribution < 1.29 is 18.0 Å². The normalized spacial score (nSPS) is 18.5. The number of rotatable bonds is 0. The van der Waals surface area contributed by atoms with Crippen LogP contribution >= 0.6 is 0 Å². The Hall–Kier alpha value is -1.46. The van der Waals surface area contributed by atoms with Crippen molar-refractivity contribution in [2.75, 3.05) is 7.05 Å². The maximum atomic E-state index is 12.2. The first-order chi connectivity index (χ1) is 5.82. The van der Waals surface area contributed by atoms with Gasteiger partial charge in [-0.15, -0.1) is 0 Å². The number of allylic oxidation sites excluding steroid dienone is 2. The summed E-state index contributed by atoms with van der Waals surface area (Å²) in [6.45, 7) is 3.23. The summed E-state index contributed by atoms with van der Waals surface area (Å²) in [5.41, 5.74) is -1.07. The molecule has 0 aromatic carbocycles. The van der Waals surface area contributed by atoms with Crippen molar-refractivity contribution in [1.29, 1.82) is 0 Å². The zero-order valence-corrected chi connectivity index (χ0v) is 6.77. The highest BCUT2D eigenvalue weighted by atomic mass is 19.4. The third-order valence-corrected chi connectivity index (χ3v) is 1.53. The van der Waals surface area contributed by atoms with Crippen molar-refractivity contribution in [3.8, 4) is 0 Å². The molecule has 1 N–H and O–H groups in total. The van der Waals surface area contributed by atoms with Crippen LogP contribution in [0, 0.1) is 0 Å². The first-order valence-electron chi connectivity index (χ1n) is 3.35. The van der Waals surface area contributed by atoms with E-state index in [1.54, 1.807) is 0 Å². The predicted molar refractivity (Wildman–Crippen MR) is 39.6 cm³/mol. The van der Waals surface area contributed by atoms with Crippen LogP contribution in [-0.4, -0.2) is 24.2 Å². The Balaban J connectivity index is 3.07. The maximum Gasteiger partial charge on any atom is 0.431 e. The average molecular weight is 192 g/mol. The fourth-order valence-electron chi connectivity index (χ4n) is 0.901. The zero-order chi connectivity index (χ0) is 10.2. The molecule has 0 radical (unpaired) electrons. The highest BCUT2D eigenvalue weighted by molar-refractivity contribution is 5.80. The van der Waals surface area contributed by atoms with Crippen LogP contribution in [0.4, 0.5) is 18.0 Å². The van der Waals surface area contributed by atoms with E-state index in [0.717, 1.165) is 13.1 Å². The Morgan fingerprint density at radius 2 is 2.08 bits per heavy atom. The van der Waals surface area contributed by atoms with E-state index in [4.69, 9.17) is 0 Å². The summed E-state index contributed by atoms with van der Waals surface area (Å²) in [6.07, 6.45) is -3.75. The average Bonchev–Trinajstić information content (AvgIpc) is 1.94. The Labute approximate surface area is 72.5 Å². The van der Waals surface area contributed by atoms with Crippen molar-refractivity contribution in [2.24, 2.45) is 0 Å².